The van der Waals surface area contributed by atoms with Crippen LogP contribution in [0.4, 0.5) is 0 Å². The van der Waals surface area contributed by atoms with E-state index in [0.717, 1.165) is 0 Å². The number of aryl methyl sites for hydroxylation is 1. The summed E-state index contributed by atoms with van der Waals surface area (Å²) in [4.78, 5) is 15.5. The van der Waals surface area contributed by atoms with Crippen molar-refractivity contribution < 1.29 is 13.9 Å². The summed E-state index contributed by atoms with van der Waals surface area (Å²) >= 11 is 3.32. The van der Waals surface area contributed by atoms with Crippen LogP contribution in [0.5, 0.6) is 0 Å². The maximum absolute atomic E-state index is 11.3. The second-order valence-electron chi connectivity index (χ2n) is 3.03. The fourth-order valence-electron chi connectivity index (χ4n) is 1.34. The minimum absolute atomic E-state index is 0.391. The average molecular weight is 270 g/mol. The molecule has 5 heteroatoms. The number of halogens is 1. The van der Waals surface area contributed by atoms with Gasteiger partial charge < -0.3 is 9.15 Å². The molecule has 0 atom stereocenters. The molecule has 0 unspecified atom stereocenters. The summed E-state index contributed by atoms with van der Waals surface area (Å²) in [6.07, 6.45) is 0. The van der Waals surface area contributed by atoms with Crippen LogP contribution in [0.2, 0.25) is 0 Å². The van der Waals surface area contributed by atoms with Crippen LogP contribution in [-0.2, 0) is 4.74 Å². The topological polar surface area (TPSA) is 52.3 Å². The van der Waals surface area contributed by atoms with Gasteiger partial charge in [-0.15, -0.1) is 0 Å². The Hall–Kier alpha value is -1.36. The largest absolute Gasteiger partial charge is 0.465 e. The Morgan fingerprint density at radius 1 is 1.53 bits per heavy atom. The van der Waals surface area contributed by atoms with E-state index in [4.69, 9.17) is 4.42 Å². The third-order valence-electron chi connectivity index (χ3n) is 1.97. The Morgan fingerprint density at radius 2 is 2.27 bits per heavy atom. The first kappa shape index (κ1) is 10.2. The predicted octanol–water partition coefficient (Wildman–Crippen LogP) is 2.69. The summed E-state index contributed by atoms with van der Waals surface area (Å²) < 4.78 is 10.7. The van der Waals surface area contributed by atoms with Gasteiger partial charge in [-0.05, 0) is 28.1 Å². The zero-order chi connectivity index (χ0) is 11.0. The lowest BCUT2D eigenvalue weighted by atomic mass is 10.2. The van der Waals surface area contributed by atoms with Crippen LogP contribution < -0.4 is 0 Å². The number of carbonyl (C=O) groups excluding carboxylic acids is 1. The van der Waals surface area contributed by atoms with Crippen LogP contribution in [0.3, 0.4) is 0 Å². The summed E-state index contributed by atoms with van der Waals surface area (Å²) in [7, 11) is 1.34. The van der Waals surface area contributed by atoms with Crippen molar-refractivity contribution >= 4 is 33.0 Å². The SMILES string of the molecule is COC(=O)c1cc(Br)c2oc(C)nc2c1. The number of hydrogen-bond acceptors (Lipinski definition) is 4. The Labute approximate surface area is 94.4 Å². The van der Waals surface area contributed by atoms with E-state index in [0.29, 0.717) is 27.0 Å². The van der Waals surface area contributed by atoms with E-state index in [9.17, 15) is 4.79 Å². The molecule has 0 aliphatic heterocycles. The molecule has 0 amide bonds. The number of oxazole rings is 1. The molecular formula is C10H8BrNO3. The number of nitrogens with zero attached hydrogens (tertiary/aromatic N) is 1. The van der Waals surface area contributed by atoms with Crippen LogP contribution in [0.25, 0.3) is 11.1 Å². The van der Waals surface area contributed by atoms with Crippen molar-refractivity contribution in [2.24, 2.45) is 0 Å². The summed E-state index contributed by atoms with van der Waals surface area (Å²) in [6, 6.07) is 3.29. The Kier molecular flexibility index (Phi) is 2.48. The lowest BCUT2D eigenvalue weighted by Crippen LogP contribution is -2.00. The number of rotatable bonds is 1. The number of esters is 1. The molecule has 0 radical (unpaired) electrons. The normalized spacial score (nSPS) is 10.6. The van der Waals surface area contributed by atoms with Crippen molar-refractivity contribution in [1.82, 2.24) is 4.98 Å². The first-order valence-corrected chi connectivity index (χ1v) is 5.06. The lowest BCUT2D eigenvalue weighted by molar-refractivity contribution is 0.0601. The van der Waals surface area contributed by atoms with Crippen LogP contribution in [0, 0.1) is 6.92 Å². The number of benzene rings is 1. The van der Waals surface area contributed by atoms with E-state index in [2.05, 4.69) is 25.7 Å². The molecule has 0 fully saturated rings. The molecule has 0 N–H and O–H groups in total. The first-order chi connectivity index (χ1) is 7.11. The van der Waals surface area contributed by atoms with E-state index < -0.39 is 5.97 Å². The molecule has 0 aliphatic rings. The number of aromatic nitrogens is 1. The number of fused-ring (bicyclic) bond motifs is 1. The lowest BCUT2D eigenvalue weighted by Gasteiger charge is -1.99. The van der Waals surface area contributed by atoms with Crippen LogP contribution in [-0.4, -0.2) is 18.1 Å². The molecule has 2 aromatic rings. The molecule has 1 aromatic heterocycles. The quantitative estimate of drug-likeness (QED) is 0.747. The summed E-state index contributed by atoms with van der Waals surface area (Å²) in [5.41, 5.74) is 1.73. The van der Waals surface area contributed by atoms with Gasteiger partial charge in [-0.25, -0.2) is 9.78 Å². The van der Waals surface area contributed by atoms with Gasteiger partial charge in [-0.3, -0.25) is 0 Å². The highest BCUT2D eigenvalue weighted by Crippen LogP contribution is 2.26. The van der Waals surface area contributed by atoms with Crippen LogP contribution in [0.15, 0.2) is 21.0 Å². The minimum Gasteiger partial charge on any atom is -0.465 e. The smallest absolute Gasteiger partial charge is 0.337 e. The van der Waals surface area contributed by atoms with Gasteiger partial charge in [-0.1, -0.05) is 0 Å². The van der Waals surface area contributed by atoms with Crippen LogP contribution >= 0.6 is 15.9 Å². The molecule has 1 aromatic carbocycles. The maximum atomic E-state index is 11.3. The van der Waals surface area contributed by atoms with Gasteiger partial charge in [0.25, 0.3) is 0 Å². The highest BCUT2D eigenvalue weighted by Gasteiger charge is 2.12. The zero-order valence-electron chi connectivity index (χ0n) is 8.20. The fourth-order valence-corrected chi connectivity index (χ4v) is 1.87. The van der Waals surface area contributed by atoms with Gasteiger partial charge >= 0.3 is 5.97 Å². The van der Waals surface area contributed by atoms with E-state index in [1.54, 1.807) is 19.1 Å². The van der Waals surface area contributed by atoms with Gasteiger partial charge in [-0.2, -0.15) is 0 Å². The summed E-state index contributed by atoms with van der Waals surface area (Å²) in [6.45, 7) is 1.75. The third kappa shape index (κ3) is 1.74. The molecule has 78 valence electrons. The number of carbonyl (C=O) groups is 1. The third-order valence-corrected chi connectivity index (χ3v) is 2.56. The monoisotopic (exact) mass is 269 g/mol. The first-order valence-electron chi connectivity index (χ1n) is 4.27. The Bertz CT molecular complexity index is 533. The Morgan fingerprint density at radius 3 is 2.93 bits per heavy atom. The fraction of sp³-hybridized carbons (Fsp3) is 0.200. The van der Waals surface area contributed by atoms with E-state index >= 15 is 0 Å². The van der Waals surface area contributed by atoms with Gasteiger partial charge in [0.05, 0.1) is 17.1 Å². The van der Waals surface area contributed by atoms with Gasteiger partial charge in [0.15, 0.2) is 11.5 Å². The number of methoxy groups -OCH3 is 1. The molecule has 1 heterocycles. The highest BCUT2D eigenvalue weighted by molar-refractivity contribution is 9.10. The molecule has 0 spiro atoms. The molecule has 0 saturated carbocycles. The van der Waals surface area contributed by atoms with Crippen molar-refractivity contribution in [3.05, 3.63) is 28.1 Å². The summed E-state index contributed by atoms with van der Waals surface area (Å²) in [5, 5.41) is 0. The molecule has 0 bridgehead atoms. The van der Waals surface area contributed by atoms with Crippen molar-refractivity contribution in [3.8, 4) is 0 Å². The molecule has 0 saturated heterocycles. The van der Waals surface area contributed by atoms with Crippen molar-refractivity contribution in [1.29, 1.82) is 0 Å². The highest BCUT2D eigenvalue weighted by atomic mass is 79.9. The Balaban J connectivity index is 2.66. The van der Waals surface area contributed by atoms with Crippen molar-refractivity contribution in [2.45, 2.75) is 6.92 Å². The van der Waals surface area contributed by atoms with Gasteiger partial charge in [0, 0.05) is 6.92 Å². The molecular weight excluding hydrogens is 262 g/mol. The van der Waals surface area contributed by atoms with Crippen molar-refractivity contribution in [2.75, 3.05) is 7.11 Å². The molecule has 0 aliphatic carbocycles. The van der Waals surface area contributed by atoms with E-state index in [-0.39, 0.29) is 0 Å². The second kappa shape index (κ2) is 3.66. The van der Waals surface area contributed by atoms with Crippen LogP contribution in [0.1, 0.15) is 16.2 Å². The standard InChI is InChI=1S/C10H8BrNO3/c1-5-12-8-4-6(10(13)14-2)3-7(11)9(8)15-5/h3-4H,1-2H3. The number of hydrogen-bond donors (Lipinski definition) is 0. The molecule has 15 heavy (non-hydrogen) atoms. The minimum atomic E-state index is -0.391. The average Bonchev–Trinajstić information content (AvgIpc) is 2.58. The van der Waals surface area contributed by atoms with Gasteiger partial charge in [0.1, 0.15) is 5.52 Å². The molecule has 2 rings (SSSR count). The summed E-state index contributed by atoms with van der Waals surface area (Å²) in [5.74, 6) is 0.172. The molecule has 4 nitrogen and oxygen atoms in total. The van der Waals surface area contributed by atoms with Gasteiger partial charge in [0.2, 0.25) is 0 Å². The second-order valence-corrected chi connectivity index (χ2v) is 3.89. The van der Waals surface area contributed by atoms with Crippen molar-refractivity contribution in [3.63, 3.8) is 0 Å². The zero-order valence-corrected chi connectivity index (χ0v) is 9.79. The van der Waals surface area contributed by atoms with E-state index in [1.807, 2.05) is 0 Å². The predicted molar refractivity (Wildman–Crippen MR) is 57.8 cm³/mol. The number of ether oxygens (including phenoxy) is 1. The maximum Gasteiger partial charge on any atom is 0.337 e. The van der Waals surface area contributed by atoms with E-state index in [1.165, 1.54) is 7.11 Å².